The number of likely N-dealkylation sites (N-methyl/N-ethyl adjacent to an activating group) is 1. The molecule has 0 atom stereocenters. The highest BCUT2D eigenvalue weighted by molar-refractivity contribution is 5.77. The molecule has 0 spiro atoms. The lowest BCUT2D eigenvalue weighted by molar-refractivity contribution is -0.120. The van der Waals surface area contributed by atoms with Crippen molar-refractivity contribution in [3.05, 3.63) is 0 Å². The second kappa shape index (κ2) is 8.09. The quantitative estimate of drug-likeness (QED) is 0.452. The van der Waals surface area contributed by atoms with Gasteiger partial charge in [-0.25, -0.2) is 0 Å². The summed E-state index contributed by atoms with van der Waals surface area (Å²) >= 11 is 0. The minimum atomic E-state index is 0.0368. The lowest BCUT2D eigenvalue weighted by Gasteiger charge is -2.02. The Kier molecular flexibility index (Phi) is 7.41. The fourth-order valence-corrected chi connectivity index (χ4v) is 0.690. The molecule has 0 aliphatic heterocycles. The third kappa shape index (κ3) is 7.10. The highest BCUT2D eigenvalue weighted by Crippen LogP contribution is 1.72. The van der Waals surface area contributed by atoms with Gasteiger partial charge in [-0.2, -0.15) is 0 Å². The van der Waals surface area contributed by atoms with E-state index in [4.69, 9.17) is 0 Å². The molecule has 0 unspecified atom stereocenters. The molecular formula is C9H16N2O. The van der Waals surface area contributed by atoms with Gasteiger partial charge < -0.3 is 10.6 Å². The molecule has 0 aliphatic carbocycles. The third-order valence-electron chi connectivity index (χ3n) is 1.28. The summed E-state index contributed by atoms with van der Waals surface area (Å²) in [6.45, 7) is 5.62. The Morgan fingerprint density at radius 2 is 2.25 bits per heavy atom. The SMILES string of the molecule is CC#CCCNC(=O)CNCC. The van der Waals surface area contributed by atoms with Gasteiger partial charge in [-0.05, 0) is 13.5 Å². The Labute approximate surface area is 73.9 Å². The third-order valence-corrected chi connectivity index (χ3v) is 1.28. The molecule has 2 N–H and O–H groups in total. The van der Waals surface area contributed by atoms with E-state index >= 15 is 0 Å². The molecule has 1 amide bonds. The van der Waals surface area contributed by atoms with E-state index in [-0.39, 0.29) is 5.91 Å². The van der Waals surface area contributed by atoms with Gasteiger partial charge in [0.15, 0.2) is 0 Å². The normalized spacial score (nSPS) is 8.50. The van der Waals surface area contributed by atoms with Crippen molar-refractivity contribution in [2.75, 3.05) is 19.6 Å². The van der Waals surface area contributed by atoms with Gasteiger partial charge in [0.25, 0.3) is 0 Å². The van der Waals surface area contributed by atoms with Crippen LogP contribution in [0.5, 0.6) is 0 Å². The number of carbonyl (C=O) groups excluding carboxylic acids is 1. The van der Waals surface area contributed by atoms with E-state index in [1.54, 1.807) is 6.92 Å². The van der Waals surface area contributed by atoms with Crippen LogP contribution < -0.4 is 10.6 Å². The van der Waals surface area contributed by atoms with E-state index in [0.717, 1.165) is 13.0 Å². The number of carbonyl (C=O) groups is 1. The van der Waals surface area contributed by atoms with Crippen LogP contribution in [0, 0.1) is 11.8 Å². The average molecular weight is 168 g/mol. The van der Waals surface area contributed by atoms with Crippen molar-refractivity contribution in [3.8, 4) is 11.8 Å². The molecule has 0 bridgehead atoms. The predicted octanol–water partition coefficient (Wildman–Crippen LogP) is 0.125. The lowest BCUT2D eigenvalue weighted by Crippen LogP contribution is -2.34. The van der Waals surface area contributed by atoms with Crippen LogP contribution in [0.2, 0.25) is 0 Å². The van der Waals surface area contributed by atoms with Gasteiger partial charge in [0.2, 0.25) is 5.91 Å². The molecule has 0 heterocycles. The van der Waals surface area contributed by atoms with E-state index in [1.807, 2.05) is 6.92 Å². The molecule has 0 saturated heterocycles. The summed E-state index contributed by atoms with van der Waals surface area (Å²) in [6, 6.07) is 0. The molecule has 0 rings (SSSR count). The summed E-state index contributed by atoms with van der Waals surface area (Å²) in [5.74, 6) is 5.68. The van der Waals surface area contributed by atoms with E-state index in [9.17, 15) is 4.79 Å². The van der Waals surface area contributed by atoms with Crippen molar-refractivity contribution in [3.63, 3.8) is 0 Å². The molecular weight excluding hydrogens is 152 g/mol. The predicted molar refractivity (Wildman–Crippen MR) is 49.6 cm³/mol. The average Bonchev–Trinajstić information content (AvgIpc) is 2.09. The Morgan fingerprint density at radius 1 is 1.50 bits per heavy atom. The molecule has 0 aromatic heterocycles. The summed E-state index contributed by atoms with van der Waals surface area (Å²) in [4.78, 5) is 10.9. The highest BCUT2D eigenvalue weighted by atomic mass is 16.1. The first kappa shape index (κ1) is 11.0. The molecule has 0 saturated carbocycles. The first-order valence-electron chi connectivity index (χ1n) is 4.18. The van der Waals surface area contributed by atoms with Gasteiger partial charge >= 0.3 is 0 Å². The van der Waals surface area contributed by atoms with Crippen LogP contribution in [0.4, 0.5) is 0 Å². The zero-order valence-electron chi connectivity index (χ0n) is 7.74. The van der Waals surface area contributed by atoms with Crippen molar-refractivity contribution >= 4 is 5.91 Å². The van der Waals surface area contributed by atoms with Crippen LogP contribution in [0.25, 0.3) is 0 Å². The fourth-order valence-electron chi connectivity index (χ4n) is 0.690. The molecule has 12 heavy (non-hydrogen) atoms. The number of hydrogen-bond donors (Lipinski definition) is 2. The maximum atomic E-state index is 10.9. The lowest BCUT2D eigenvalue weighted by atomic mass is 10.4. The van der Waals surface area contributed by atoms with Crippen molar-refractivity contribution in [2.45, 2.75) is 20.3 Å². The van der Waals surface area contributed by atoms with Gasteiger partial charge in [0, 0.05) is 13.0 Å². The smallest absolute Gasteiger partial charge is 0.233 e. The first-order chi connectivity index (χ1) is 5.81. The van der Waals surface area contributed by atoms with Gasteiger partial charge in [-0.15, -0.1) is 11.8 Å². The molecule has 0 fully saturated rings. The minimum Gasteiger partial charge on any atom is -0.354 e. The Balaban J connectivity index is 3.23. The molecule has 0 aromatic carbocycles. The summed E-state index contributed by atoms with van der Waals surface area (Å²) in [6.07, 6.45) is 0.731. The molecule has 0 radical (unpaired) electrons. The first-order valence-corrected chi connectivity index (χ1v) is 4.18. The molecule has 0 aromatic rings. The van der Waals surface area contributed by atoms with Gasteiger partial charge in [0.05, 0.1) is 6.54 Å². The van der Waals surface area contributed by atoms with Crippen LogP contribution >= 0.6 is 0 Å². The van der Waals surface area contributed by atoms with Crippen LogP contribution in [0.3, 0.4) is 0 Å². The van der Waals surface area contributed by atoms with E-state index in [2.05, 4.69) is 22.5 Å². The molecule has 3 nitrogen and oxygen atoms in total. The largest absolute Gasteiger partial charge is 0.354 e. The standard InChI is InChI=1S/C9H16N2O/c1-3-5-6-7-11-9(12)8-10-4-2/h10H,4,6-8H2,1-2H3,(H,11,12). The second-order valence-electron chi connectivity index (χ2n) is 2.31. The monoisotopic (exact) mass is 168 g/mol. The zero-order chi connectivity index (χ0) is 9.23. The fraction of sp³-hybridized carbons (Fsp3) is 0.667. The molecule has 0 aliphatic rings. The molecule has 3 heteroatoms. The minimum absolute atomic E-state index is 0.0368. The van der Waals surface area contributed by atoms with Crippen molar-refractivity contribution < 1.29 is 4.79 Å². The summed E-state index contributed by atoms with van der Waals surface area (Å²) in [5, 5.41) is 5.69. The van der Waals surface area contributed by atoms with E-state index < -0.39 is 0 Å². The second-order valence-corrected chi connectivity index (χ2v) is 2.31. The summed E-state index contributed by atoms with van der Waals surface area (Å²) < 4.78 is 0. The maximum absolute atomic E-state index is 10.9. The summed E-state index contributed by atoms with van der Waals surface area (Å²) in [5.41, 5.74) is 0. The molecule has 68 valence electrons. The number of hydrogen-bond acceptors (Lipinski definition) is 2. The van der Waals surface area contributed by atoms with Gasteiger partial charge in [-0.3, -0.25) is 4.79 Å². The number of rotatable bonds is 5. The number of nitrogens with one attached hydrogen (secondary N) is 2. The highest BCUT2D eigenvalue weighted by Gasteiger charge is 1.95. The van der Waals surface area contributed by atoms with E-state index in [0.29, 0.717) is 13.1 Å². The van der Waals surface area contributed by atoms with Gasteiger partial charge in [0.1, 0.15) is 0 Å². The van der Waals surface area contributed by atoms with Crippen molar-refractivity contribution in [1.82, 2.24) is 10.6 Å². The van der Waals surface area contributed by atoms with E-state index in [1.165, 1.54) is 0 Å². The zero-order valence-corrected chi connectivity index (χ0v) is 7.74. The van der Waals surface area contributed by atoms with Crippen LogP contribution in [-0.2, 0) is 4.79 Å². The number of amides is 1. The maximum Gasteiger partial charge on any atom is 0.233 e. The Hall–Kier alpha value is -1.01. The van der Waals surface area contributed by atoms with Crippen LogP contribution in [-0.4, -0.2) is 25.5 Å². The van der Waals surface area contributed by atoms with Crippen LogP contribution in [0.1, 0.15) is 20.3 Å². The van der Waals surface area contributed by atoms with Crippen LogP contribution in [0.15, 0.2) is 0 Å². The Morgan fingerprint density at radius 3 is 2.83 bits per heavy atom. The van der Waals surface area contributed by atoms with Gasteiger partial charge in [-0.1, -0.05) is 6.92 Å². The van der Waals surface area contributed by atoms with Crippen molar-refractivity contribution in [1.29, 1.82) is 0 Å². The van der Waals surface area contributed by atoms with Crippen molar-refractivity contribution in [2.24, 2.45) is 0 Å². The summed E-state index contributed by atoms with van der Waals surface area (Å²) in [7, 11) is 0. The topological polar surface area (TPSA) is 41.1 Å². The Bertz CT molecular complexity index is 179.